The quantitative estimate of drug-likeness (QED) is 0.187. The van der Waals surface area contributed by atoms with Gasteiger partial charge in [-0.25, -0.2) is 29.1 Å². The van der Waals surface area contributed by atoms with Crippen LogP contribution in [0.15, 0.2) is 36.4 Å². The zero-order chi connectivity index (χ0) is 30.9. The van der Waals surface area contributed by atoms with Gasteiger partial charge in [0.2, 0.25) is 0 Å². The molecule has 10 nitrogen and oxygen atoms in total. The zero-order valence-electron chi connectivity index (χ0n) is 25.2. The summed E-state index contributed by atoms with van der Waals surface area (Å²) in [6, 6.07) is 10.2. The van der Waals surface area contributed by atoms with E-state index in [1.165, 1.54) is 0 Å². The van der Waals surface area contributed by atoms with E-state index in [2.05, 4.69) is 19.6 Å². The minimum absolute atomic E-state index is 0.275. The van der Waals surface area contributed by atoms with Crippen molar-refractivity contribution < 1.29 is 48.2 Å². The lowest BCUT2D eigenvalue weighted by molar-refractivity contribution is -0.208. The van der Waals surface area contributed by atoms with Gasteiger partial charge in [0.25, 0.3) is 0 Å². The number of carbonyl (C=O) groups is 4. The van der Waals surface area contributed by atoms with Gasteiger partial charge in [-0.1, -0.05) is 12.1 Å². The number of aryl methyl sites for hydroxylation is 4. The van der Waals surface area contributed by atoms with Gasteiger partial charge in [0.1, 0.15) is 12.2 Å². The molecule has 0 aromatic heterocycles. The first-order valence-corrected chi connectivity index (χ1v) is 14.9. The second kappa shape index (κ2) is 14.9. The Hall–Kier alpha value is -4.08. The van der Waals surface area contributed by atoms with Gasteiger partial charge in [0.05, 0.1) is 11.1 Å². The monoisotopic (exact) mass is 596 g/mol. The molecule has 2 aromatic rings. The van der Waals surface area contributed by atoms with Gasteiger partial charge in [-0.2, -0.15) is 9.59 Å². The van der Waals surface area contributed by atoms with Crippen molar-refractivity contribution in [2.75, 3.05) is 0 Å². The standard InChI is InChI=1S/C33H40O10/c1-20-5-11-26(17-22(20)3)30(34)40-42-32(36)38-28-13-7-24(8-14-28)19-25-9-15-29(16-10-25)39-33(37)43-41-31(35)27-12-6-21(2)23(4)18-27/h5-6,11-12,17-18,24-25,28-29H,7-10,13-16,19H2,1-4H3. The Morgan fingerprint density at radius 2 is 0.907 bits per heavy atom. The molecule has 2 aliphatic rings. The Morgan fingerprint density at radius 3 is 1.26 bits per heavy atom. The van der Waals surface area contributed by atoms with Crippen LogP contribution in [0.4, 0.5) is 9.59 Å². The lowest BCUT2D eigenvalue weighted by atomic mass is 9.76. The number of benzene rings is 2. The topological polar surface area (TPSA) is 124 Å². The van der Waals surface area contributed by atoms with Gasteiger partial charge in [0, 0.05) is 0 Å². The van der Waals surface area contributed by atoms with Crippen molar-refractivity contribution in [3.63, 3.8) is 0 Å². The van der Waals surface area contributed by atoms with Crippen LogP contribution < -0.4 is 0 Å². The minimum atomic E-state index is -1.02. The van der Waals surface area contributed by atoms with Crippen LogP contribution in [0.25, 0.3) is 0 Å². The van der Waals surface area contributed by atoms with Gasteiger partial charge in [-0.3, -0.25) is 0 Å². The van der Waals surface area contributed by atoms with Crippen molar-refractivity contribution >= 4 is 24.2 Å². The summed E-state index contributed by atoms with van der Waals surface area (Å²) in [5, 5.41) is 0. The van der Waals surface area contributed by atoms with Crippen LogP contribution in [0.1, 0.15) is 101 Å². The molecule has 43 heavy (non-hydrogen) atoms. The van der Waals surface area contributed by atoms with Gasteiger partial charge >= 0.3 is 24.2 Å². The van der Waals surface area contributed by atoms with Crippen LogP contribution in [-0.2, 0) is 29.0 Å². The largest absolute Gasteiger partial charge is 0.550 e. The summed E-state index contributed by atoms with van der Waals surface area (Å²) >= 11 is 0. The van der Waals surface area contributed by atoms with Crippen molar-refractivity contribution in [1.29, 1.82) is 0 Å². The van der Waals surface area contributed by atoms with Gasteiger partial charge < -0.3 is 9.47 Å². The van der Waals surface area contributed by atoms with Crippen LogP contribution in [0.3, 0.4) is 0 Å². The highest BCUT2D eigenvalue weighted by molar-refractivity contribution is 5.90. The van der Waals surface area contributed by atoms with Crippen LogP contribution in [-0.4, -0.2) is 36.5 Å². The minimum Gasteiger partial charge on any atom is -0.428 e. The maximum Gasteiger partial charge on any atom is 0.550 e. The van der Waals surface area contributed by atoms with Crippen molar-refractivity contribution in [2.24, 2.45) is 11.8 Å². The number of carbonyl (C=O) groups excluding carboxylic acids is 4. The average molecular weight is 597 g/mol. The summed E-state index contributed by atoms with van der Waals surface area (Å²) in [4.78, 5) is 66.8. The summed E-state index contributed by atoms with van der Waals surface area (Å²) < 4.78 is 10.7. The fourth-order valence-corrected chi connectivity index (χ4v) is 5.73. The third kappa shape index (κ3) is 9.46. The molecule has 0 unspecified atom stereocenters. The number of hydrogen-bond donors (Lipinski definition) is 0. The van der Waals surface area contributed by atoms with Gasteiger partial charge in [-0.15, -0.1) is 0 Å². The highest BCUT2D eigenvalue weighted by Gasteiger charge is 2.30. The molecule has 2 aromatic carbocycles. The third-order valence-electron chi connectivity index (χ3n) is 8.64. The van der Waals surface area contributed by atoms with Crippen LogP contribution in [0, 0.1) is 39.5 Å². The third-order valence-corrected chi connectivity index (χ3v) is 8.64. The van der Waals surface area contributed by atoms with Crippen molar-refractivity contribution in [3.05, 3.63) is 69.8 Å². The summed E-state index contributed by atoms with van der Waals surface area (Å²) in [5.41, 5.74) is 4.55. The molecule has 0 spiro atoms. The first-order valence-electron chi connectivity index (χ1n) is 14.9. The van der Waals surface area contributed by atoms with Crippen LogP contribution in [0.5, 0.6) is 0 Å². The number of rotatable bonds is 6. The van der Waals surface area contributed by atoms with E-state index in [9.17, 15) is 19.2 Å². The summed E-state index contributed by atoms with van der Waals surface area (Å²) in [6.07, 6.45) is 5.06. The molecule has 0 aliphatic heterocycles. The van der Waals surface area contributed by atoms with Crippen LogP contribution >= 0.6 is 0 Å². The molecular weight excluding hydrogens is 556 g/mol. The smallest absolute Gasteiger partial charge is 0.428 e. The predicted molar refractivity (Wildman–Crippen MR) is 154 cm³/mol. The van der Waals surface area contributed by atoms with E-state index < -0.39 is 24.2 Å². The Morgan fingerprint density at radius 1 is 0.535 bits per heavy atom. The van der Waals surface area contributed by atoms with E-state index in [-0.39, 0.29) is 12.2 Å². The van der Waals surface area contributed by atoms with E-state index in [1.807, 2.05) is 27.7 Å². The van der Waals surface area contributed by atoms with E-state index >= 15 is 0 Å². The molecule has 0 amide bonds. The molecule has 0 bridgehead atoms. The molecule has 10 heteroatoms. The molecule has 2 aliphatic carbocycles. The van der Waals surface area contributed by atoms with Gasteiger partial charge in [0.15, 0.2) is 0 Å². The van der Waals surface area contributed by atoms with Crippen molar-refractivity contribution in [2.45, 2.75) is 97.7 Å². The Balaban J connectivity index is 1.07. The summed E-state index contributed by atoms with van der Waals surface area (Å²) in [5.74, 6) is -0.457. The highest BCUT2D eigenvalue weighted by atomic mass is 17.2. The Bertz CT molecular complexity index is 1200. The van der Waals surface area contributed by atoms with E-state index in [4.69, 9.17) is 9.47 Å². The lowest BCUT2D eigenvalue weighted by Crippen LogP contribution is -2.28. The second-order valence-electron chi connectivity index (χ2n) is 11.8. The van der Waals surface area contributed by atoms with Crippen molar-refractivity contribution in [1.82, 2.24) is 0 Å². The zero-order valence-corrected chi connectivity index (χ0v) is 25.2. The second-order valence-corrected chi connectivity index (χ2v) is 11.8. The molecule has 0 heterocycles. The average Bonchev–Trinajstić information content (AvgIpc) is 2.99. The van der Waals surface area contributed by atoms with E-state index in [0.29, 0.717) is 23.0 Å². The molecule has 0 N–H and O–H groups in total. The summed E-state index contributed by atoms with van der Waals surface area (Å²) in [7, 11) is 0. The molecule has 0 atom stereocenters. The van der Waals surface area contributed by atoms with Gasteiger partial charge in [-0.05, 0) is 144 Å². The summed E-state index contributed by atoms with van der Waals surface area (Å²) in [6.45, 7) is 7.63. The molecule has 2 saturated carbocycles. The normalized spacial score (nSPS) is 21.7. The van der Waals surface area contributed by atoms with E-state index in [0.717, 1.165) is 80.0 Å². The molecule has 2 fully saturated rings. The highest BCUT2D eigenvalue weighted by Crippen LogP contribution is 2.37. The number of ether oxygens (including phenoxy) is 2. The van der Waals surface area contributed by atoms with E-state index in [1.54, 1.807) is 36.4 Å². The first-order chi connectivity index (χ1) is 20.6. The SMILES string of the molecule is Cc1ccc(C(=O)OOC(=O)OC2CCC(CC3CCC(OC(=O)OOC(=O)c4ccc(C)c(C)c4)CC3)CC2)cc1C. The van der Waals surface area contributed by atoms with Crippen LogP contribution in [0.2, 0.25) is 0 Å². The molecule has 0 saturated heterocycles. The lowest BCUT2D eigenvalue weighted by Gasteiger charge is -2.33. The first kappa shape index (κ1) is 31.8. The molecule has 232 valence electrons. The molecule has 0 radical (unpaired) electrons. The molecular formula is C33H40O10. The maximum atomic E-state index is 12.1. The Kier molecular flexibility index (Phi) is 11.0. The fourth-order valence-electron chi connectivity index (χ4n) is 5.73. The number of hydrogen-bond acceptors (Lipinski definition) is 10. The van der Waals surface area contributed by atoms with Crippen molar-refractivity contribution in [3.8, 4) is 0 Å². The molecule has 4 rings (SSSR count). The predicted octanol–water partition coefficient (Wildman–Crippen LogP) is 7.58. The fraction of sp³-hybridized carbons (Fsp3) is 0.515. The Labute approximate surface area is 251 Å². The maximum absolute atomic E-state index is 12.1.